The van der Waals surface area contributed by atoms with Crippen LogP contribution in [-0.4, -0.2) is 26.5 Å². The zero-order valence-electron chi connectivity index (χ0n) is 8.91. The van der Waals surface area contributed by atoms with Crippen LogP contribution in [-0.2, 0) is 9.84 Å². The van der Waals surface area contributed by atoms with Gasteiger partial charge in [-0.15, -0.1) is 0 Å². The maximum Gasteiger partial charge on any atom is 0.147 e. The summed E-state index contributed by atoms with van der Waals surface area (Å²) in [6.45, 7) is 0. The third-order valence-electron chi connectivity index (χ3n) is 2.95. The highest BCUT2D eigenvalue weighted by molar-refractivity contribution is 7.90. The lowest BCUT2D eigenvalue weighted by Gasteiger charge is -2.26. The molecule has 0 radical (unpaired) electrons. The normalized spacial score (nSPS) is 29.0. The molecular weight excluding hydrogens is 198 g/mol. The van der Waals surface area contributed by atoms with Crippen molar-refractivity contribution in [3.8, 4) is 0 Å². The molecule has 4 heteroatoms. The summed E-state index contributed by atoms with van der Waals surface area (Å²) >= 11 is 0. The molecule has 14 heavy (non-hydrogen) atoms. The average Bonchev–Trinajstić information content (AvgIpc) is 2.01. The zero-order chi connectivity index (χ0) is 10.6. The van der Waals surface area contributed by atoms with Gasteiger partial charge in [0.25, 0.3) is 0 Å². The molecule has 0 saturated heterocycles. The van der Waals surface area contributed by atoms with Crippen molar-refractivity contribution >= 4 is 9.84 Å². The van der Waals surface area contributed by atoms with Crippen LogP contribution in [0.15, 0.2) is 0 Å². The maximum atomic E-state index is 10.9. The van der Waals surface area contributed by atoms with Crippen LogP contribution in [0.2, 0.25) is 0 Å². The Morgan fingerprint density at radius 1 is 1.36 bits per heavy atom. The fourth-order valence-corrected chi connectivity index (χ4v) is 2.92. The van der Waals surface area contributed by atoms with Gasteiger partial charge < -0.3 is 5.73 Å². The van der Waals surface area contributed by atoms with E-state index in [9.17, 15) is 8.42 Å². The predicted octanol–water partition coefficient (Wildman–Crippen LogP) is 1.33. The standard InChI is InChI=1S/C10H21NO2S/c1-14(12,13)7-3-5-9-4-2-6-10(11)8-9/h9-10H,2-8,11H2,1H3. The van der Waals surface area contributed by atoms with E-state index in [2.05, 4.69) is 0 Å². The first kappa shape index (κ1) is 12.0. The van der Waals surface area contributed by atoms with Gasteiger partial charge in [0.2, 0.25) is 0 Å². The Morgan fingerprint density at radius 3 is 2.64 bits per heavy atom. The van der Waals surface area contributed by atoms with Crippen LogP contribution in [0.25, 0.3) is 0 Å². The SMILES string of the molecule is CS(=O)(=O)CCCC1CCCC(N)C1. The van der Waals surface area contributed by atoms with E-state index in [1.165, 1.54) is 19.1 Å². The molecule has 1 rings (SSSR count). The quantitative estimate of drug-likeness (QED) is 0.776. The Bertz CT molecular complexity index is 261. The first-order valence-electron chi connectivity index (χ1n) is 5.40. The van der Waals surface area contributed by atoms with Crippen molar-refractivity contribution in [2.24, 2.45) is 11.7 Å². The van der Waals surface area contributed by atoms with Gasteiger partial charge in [-0.3, -0.25) is 0 Å². The van der Waals surface area contributed by atoms with E-state index in [1.54, 1.807) is 0 Å². The molecule has 1 saturated carbocycles. The summed E-state index contributed by atoms with van der Waals surface area (Å²) in [4.78, 5) is 0. The summed E-state index contributed by atoms with van der Waals surface area (Å²) in [5.41, 5.74) is 5.86. The van der Waals surface area contributed by atoms with Gasteiger partial charge in [0.05, 0.1) is 0 Å². The average molecular weight is 219 g/mol. The van der Waals surface area contributed by atoms with Gasteiger partial charge in [-0.1, -0.05) is 12.8 Å². The van der Waals surface area contributed by atoms with Crippen LogP contribution >= 0.6 is 0 Å². The molecule has 1 aliphatic rings. The lowest BCUT2D eigenvalue weighted by molar-refractivity contribution is 0.305. The van der Waals surface area contributed by atoms with E-state index in [0.29, 0.717) is 17.7 Å². The smallest absolute Gasteiger partial charge is 0.147 e. The molecule has 84 valence electrons. The molecule has 2 unspecified atom stereocenters. The van der Waals surface area contributed by atoms with Crippen molar-refractivity contribution < 1.29 is 8.42 Å². The van der Waals surface area contributed by atoms with Crippen LogP contribution in [0.4, 0.5) is 0 Å². The van der Waals surface area contributed by atoms with Crippen LogP contribution < -0.4 is 5.73 Å². The van der Waals surface area contributed by atoms with Crippen molar-refractivity contribution in [3.63, 3.8) is 0 Å². The molecule has 2 N–H and O–H groups in total. The number of rotatable bonds is 4. The van der Waals surface area contributed by atoms with Crippen LogP contribution in [0.3, 0.4) is 0 Å². The van der Waals surface area contributed by atoms with Gasteiger partial charge in [-0.2, -0.15) is 0 Å². The highest BCUT2D eigenvalue weighted by Crippen LogP contribution is 2.26. The second-order valence-corrected chi connectivity index (χ2v) is 6.82. The van der Waals surface area contributed by atoms with Gasteiger partial charge in [0.15, 0.2) is 0 Å². The molecule has 0 aliphatic heterocycles. The monoisotopic (exact) mass is 219 g/mol. The van der Waals surface area contributed by atoms with E-state index in [0.717, 1.165) is 25.7 Å². The Kier molecular flexibility index (Phi) is 4.38. The molecule has 1 aliphatic carbocycles. The molecular formula is C10H21NO2S. The molecule has 0 aromatic heterocycles. The highest BCUT2D eigenvalue weighted by atomic mass is 32.2. The minimum Gasteiger partial charge on any atom is -0.328 e. The van der Waals surface area contributed by atoms with Crippen molar-refractivity contribution in [3.05, 3.63) is 0 Å². The predicted molar refractivity (Wildman–Crippen MR) is 58.9 cm³/mol. The lowest BCUT2D eigenvalue weighted by Crippen LogP contribution is -2.27. The second-order valence-electron chi connectivity index (χ2n) is 4.56. The number of hydrogen-bond acceptors (Lipinski definition) is 3. The van der Waals surface area contributed by atoms with Crippen LogP contribution in [0.1, 0.15) is 38.5 Å². The highest BCUT2D eigenvalue weighted by Gasteiger charge is 2.19. The summed E-state index contributed by atoms with van der Waals surface area (Å²) in [6, 6.07) is 0.354. The Hall–Kier alpha value is -0.0900. The van der Waals surface area contributed by atoms with Crippen molar-refractivity contribution in [1.29, 1.82) is 0 Å². The van der Waals surface area contributed by atoms with Crippen LogP contribution in [0, 0.1) is 5.92 Å². The molecule has 3 nitrogen and oxygen atoms in total. The number of nitrogens with two attached hydrogens (primary N) is 1. The lowest BCUT2D eigenvalue weighted by atomic mass is 9.84. The van der Waals surface area contributed by atoms with Gasteiger partial charge in [0, 0.05) is 18.1 Å². The molecule has 0 amide bonds. The third kappa shape index (κ3) is 4.96. The molecule has 0 aromatic rings. The molecule has 1 fully saturated rings. The molecule has 0 aromatic carbocycles. The number of hydrogen-bond donors (Lipinski definition) is 1. The van der Waals surface area contributed by atoms with Crippen LogP contribution in [0.5, 0.6) is 0 Å². The fraction of sp³-hybridized carbons (Fsp3) is 1.00. The maximum absolute atomic E-state index is 10.9. The third-order valence-corrected chi connectivity index (χ3v) is 3.98. The van der Waals surface area contributed by atoms with Gasteiger partial charge in [-0.05, 0) is 31.6 Å². The number of sulfone groups is 1. The molecule has 0 bridgehead atoms. The van der Waals surface area contributed by atoms with Crippen molar-refractivity contribution in [2.75, 3.05) is 12.0 Å². The first-order valence-corrected chi connectivity index (χ1v) is 7.47. The minimum atomic E-state index is -2.77. The van der Waals surface area contributed by atoms with Crippen molar-refractivity contribution in [2.45, 2.75) is 44.6 Å². The first-order chi connectivity index (χ1) is 6.47. The van der Waals surface area contributed by atoms with E-state index >= 15 is 0 Å². The fourth-order valence-electron chi connectivity index (χ4n) is 2.23. The molecule has 0 spiro atoms. The summed E-state index contributed by atoms with van der Waals surface area (Å²) in [5, 5.41) is 0. The molecule has 0 heterocycles. The van der Waals surface area contributed by atoms with E-state index < -0.39 is 9.84 Å². The van der Waals surface area contributed by atoms with E-state index in [-0.39, 0.29) is 0 Å². The van der Waals surface area contributed by atoms with Crippen molar-refractivity contribution in [1.82, 2.24) is 0 Å². The van der Waals surface area contributed by atoms with Gasteiger partial charge in [-0.25, -0.2) is 8.42 Å². The summed E-state index contributed by atoms with van der Waals surface area (Å²) in [6.07, 6.45) is 7.81. The summed E-state index contributed by atoms with van der Waals surface area (Å²) in [5.74, 6) is 0.999. The summed E-state index contributed by atoms with van der Waals surface area (Å²) in [7, 11) is -2.77. The largest absolute Gasteiger partial charge is 0.328 e. The van der Waals surface area contributed by atoms with Gasteiger partial charge >= 0.3 is 0 Å². The molecule has 2 atom stereocenters. The van der Waals surface area contributed by atoms with Gasteiger partial charge in [0.1, 0.15) is 9.84 Å². The summed E-state index contributed by atoms with van der Waals surface area (Å²) < 4.78 is 21.8. The zero-order valence-corrected chi connectivity index (χ0v) is 9.72. The minimum absolute atomic E-state index is 0.332. The Balaban J connectivity index is 2.18. The van der Waals surface area contributed by atoms with E-state index in [4.69, 9.17) is 5.73 Å². The topological polar surface area (TPSA) is 60.2 Å². The van der Waals surface area contributed by atoms with E-state index in [1.807, 2.05) is 0 Å². The Morgan fingerprint density at radius 2 is 2.07 bits per heavy atom. The second kappa shape index (κ2) is 5.12. The Labute approximate surface area is 87.0 Å².